The fourth-order valence-corrected chi connectivity index (χ4v) is 6.71. The third-order valence-electron chi connectivity index (χ3n) is 7.40. The van der Waals surface area contributed by atoms with E-state index in [0.29, 0.717) is 22.2 Å². The van der Waals surface area contributed by atoms with Gasteiger partial charge >= 0.3 is 5.63 Å². The van der Waals surface area contributed by atoms with Crippen molar-refractivity contribution < 1.29 is 27.7 Å². The van der Waals surface area contributed by atoms with Gasteiger partial charge in [0.2, 0.25) is 15.9 Å². The summed E-state index contributed by atoms with van der Waals surface area (Å²) in [7, 11) is -4.18. The Balaban J connectivity index is 1.61. The molecule has 0 aliphatic heterocycles. The molecule has 12 nitrogen and oxygen atoms in total. The zero-order valence-corrected chi connectivity index (χ0v) is 26.0. The monoisotopic (exact) mass is 636 g/mol. The van der Waals surface area contributed by atoms with E-state index in [1.165, 1.54) is 6.07 Å². The van der Waals surface area contributed by atoms with Crippen LogP contribution in [0.4, 0.5) is 11.4 Å². The Morgan fingerprint density at radius 1 is 1.07 bits per heavy atom. The van der Waals surface area contributed by atoms with E-state index in [9.17, 15) is 33.2 Å². The molecule has 0 unspecified atom stereocenters. The summed E-state index contributed by atoms with van der Waals surface area (Å²) >= 11 is 0. The molecule has 4 rings (SSSR count). The second-order valence-corrected chi connectivity index (χ2v) is 13.3. The summed E-state index contributed by atoms with van der Waals surface area (Å²) in [5, 5.41) is 26.0. The van der Waals surface area contributed by atoms with Gasteiger partial charge < -0.3 is 20.6 Å². The van der Waals surface area contributed by atoms with Crippen molar-refractivity contribution in [3.8, 4) is 0 Å². The molecule has 3 aromatic carbocycles. The predicted octanol–water partition coefficient (Wildman–Crippen LogP) is 3.57. The van der Waals surface area contributed by atoms with Crippen LogP contribution in [0.15, 0.2) is 86.9 Å². The number of hydrogen-bond acceptors (Lipinski definition) is 9. The Labute approximate surface area is 260 Å². The quantitative estimate of drug-likeness (QED) is 0.0854. The number of non-ortho nitro benzene ring substituents is 1. The van der Waals surface area contributed by atoms with Crippen molar-refractivity contribution in [3.05, 3.63) is 110 Å². The number of aliphatic hydroxyl groups is 1. The van der Waals surface area contributed by atoms with Crippen molar-refractivity contribution in [1.82, 2.24) is 9.62 Å². The second kappa shape index (κ2) is 14.0. The van der Waals surface area contributed by atoms with Crippen LogP contribution < -0.4 is 16.7 Å². The molecule has 1 amide bonds. The van der Waals surface area contributed by atoms with Crippen molar-refractivity contribution in [2.24, 2.45) is 5.92 Å². The molecule has 0 bridgehead atoms. The number of anilines is 1. The molecule has 238 valence electrons. The molecule has 0 saturated carbocycles. The average molecular weight is 637 g/mol. The molecule has 1 heterocycles. The topological polar surface area (TPSA) is 186 Å². The summed E-state index contributed by atoms with van der Waals surface area (Å²) in [5.74, 6) is -0.688. The van der Waals surface area contributed by atoms with Gasteiger partial charge in [-0.25, -0.2) is 13.2 Å². The van der Waals surface area contributed by atoms with Crippen LogP contribution in [0.25, 0.3) is 11.0 Å². The minimum Gasteiger partial charge on any atom is -0.422 e. The normalized spacial score (nSPS) is 13.2. The highest BCUT2D eigenvalue weighted by Crippen LogP contribution is 2.23. The van der Waals surface area contributed by atoms with Gasteiger partial charge in [-0.3, -0.25) is 14.9 Å². The third kappa shape index (κ3) is 8.12. The van der Waals surface area contributed by atoms with Crippen LogP contribution in [0.5, 0.6) is 0 Å². The molecule has 0 radical (unpaired) electrons. The largest absolute Gasteiger partial charge is 0.422 e. The van der Waals surface area contributed by atoms with Gasteiger partial charge in [-0.15, -0.1) is 0 Å². The number of fused-ring (bicyclic) bond motifs is 1. The Morgan fingerprint density at radius 2 is 1.73 bits per heavy atom. The van der Waals surface area contributed by atoms with E-state index >= 15 is 0 Å². The van der Waals surface area contributed by atoms with Gasteiger partial charge in [-0.1, -0.05) is 44.2 Å². The van der Waals surface area contributed by atoms with E-state index in [1.54, 1.807) is 31.2 Å². The summed E-state index contributed by atoms with van der Waals surface area (Å²) in [6.45, 7) is 5.03. The molecule has 0 saturated heterocycles. The van der Waals surface area contributed by atoms with Gasteiger partial charge in [0.25, 0.3) is 5.69 Å². The van der Waals surface area contributed by atoms with E-state index in [0.717, 1.165) is 34.1 Å². The SMILES string of the molecule is Cc1c(CC(=O)N[C@@H](Cc2ccccc2)[C@H](O)CN(CC(C)C)S(=O)(=O)c2ccc([N+](=O)[O-])cc2)c(=O)oc2cc(N)ccc12. The first-order chi connectivity index (χ1) is 21.3. The van der Waals surface area contributed by atoms with Gasteiger partial charge in [0.05, 0.1) is 33.9 Å². The zero-order valence-electron chi connectivity index (χ0n) is 25.2. The number of benzene rings is 3. The lowest BCUT2D eigenvalue weighted by Gasteiger charge is -2.30. The van der Waals surface area contributed by atoms with Gasteiger partial charge in [-0.2, -0.15) is 4.31 Å². The first kappa shape index (κ1) is 33.3. The Morgan fingerprint density at radius 3 is 2.36 bits per heavy atom. The van der Waals surface area contributed by atoms with Crippen LogP contribution in [0, 0.1) is 23.0 Å². The number of aliphatic hydroxyl groups excluding tert-OH is 1. The first-order valence-corrected chi connectivity index (χ1v) is 15.8. The number of carbonyl (C=O) groups is 1. The van der Waals surface area contributed by atoms with E-state index in [4.69, 9.17) is 10.2 Å². The van der Waals surface area contributed by atoms with E-state index < -0.39 is 38.6 Å². The van der Waals surface area contributed by atoms with Crippen LogP contribution in [0.1, 0.15) is 30.5 Å². The number of sulfonamides is 1. The molecular weight excluding hydrogens is 600 g/mol. The fraction of sp³-hybridized carbons (Fsp3) is 0.312. The fourth-order valence-electron chi connectivity index (χ4n) is 5.09. The summed E-state index contributed by atoms with van der Waals surface area (Å²) in [6, 6.07) is 17.6. The maximum Gasteiger partial charge on any atom is 0.340 e. The second-order valence-electron chi connectivity index (χ2n) is 11.3. The minimum atomic E-state index is -4.18. The van der Waals surface area contributed by atoms with Crippen LogP contribution in [-0.4, -0.2) is 53.9 Å². The highest BCUT2D eigenvalue weighted by Gasteiger charge is 2.32. The van der Waals surface area contributed by atoms with Crippen molar-refractivity contribution in [1.29, 1.82) is 0 Å². The maximum atomic E-state index is 13.6. The number of nitro groups is 1. The van der Waals surface area contributed by atoms with E-state index in [2.05, 4.69) is 5.32 Å². The van der Waals surface area contributed by atoms with Gasteiger partial charge in [0, 0.05) is 42.4 Å². The molecule has 4 aromatic rings. The molecule has 0 aliphatic carbocycles. The molecule has 0 spiro atoms. The van der Waals surface area contributed by atoms with Crippen LogP contribution >= 0.6 is 0 Å². The average Bonchev–Trinajstić information content (AvgIpc) is 2.98. The highest BCUT2D eigenvalue weighted by atomic mass is 32.2. The Bertz CT molecular complexity index is 1840. The number of aryl methyl sites for hydroxylation is 1. The van der Waals surface area contributed by atoms with Crippen molar-refractivity contribution in [2.45, 2.75) is 50.7 Å². The third-order valence-corrected chi connectivity index (χ3v) is 9.25. The molecule has 13 heteroatoms. The summed E-state index contributed by atoms with van der Waals surface area (Å²) in [4.78, 5) is 36.5. The van der Waals surface area contributed by atoms with Gasteiger partial charge in [0.15, 0.2) is 0 Å². The Hall–Kier alpha value is -4.59. The lowest BCUT2D eigenvalue weighted by atomic mass is 9.99. The van der Waals surface area contributed by atoms with Crippen molar-refractivity contribution in [3.63, 3.8) is 0 Å². The highest BCUT2D eigenvalue weighted by molar-refractivity contribution is 7.89. The van der Waals surface area contributed by atoms with Crippen molar-refractivity contribution in [2.75, 3.05) is 18.8 Å². The molecular formula is C32H36N4O8S. The summed E-state index contributed by atoms with van der Waals surface area (Å²) < 4.78 is 33.8. The lowest BCUT2D eigenvalue weighted by molar-refractivity contribution is -0.384. The number of nitro benzene ring substituents is 1. The van der Waals surface area contributed by atoms with Crippen LogP contribution in [-0.2, 0) is 27.7 Å². The zero-order chi connectivity index (χ0) is 32.9. The number of nitrogens with zero attached hydrogens (tertiary/aromatic N) is 2. The first-order valence-electron chi connectivity index (χ1n) is 14.3. The van der Waals surface area contributed by atoms with Crippen LogP contribution in [0.2, 0.25) is 0 Å². The Kier molecular flexibility index (Phi) is 10.4. The molecule has 4 N–H and O–H groups in total. The molecule has 1 aromatic heterocycles. The van der Waals surface area contributed by atoms with Crippen molar-refractivity contribution >= 4 is 38.3 Å². The maximum absolute atomic E-state index is 13.6. The number of nitrogens with two attached hydrogens (primary N) is 1. The molecule has 0 aliphatic rings. The van der Waals surface area contributed by atoms with Crippen LogP contribution in [0.3, 0.4) is 0 Å². The van der Waals surface area contributed by atoms with E-state index in [1.807, 2.05) is 32.0 Å². The minimum absolute atomic E-state index is 0.0459. The number of amides is 1. The van der Waals surface area contributed by atoms with Gasteiger partial charge in [0.1, 0.15) is 5.58 Å². The summed E-state index contributed by atoms with van der Waals surface area (Å²) in [6.07, 6.45) is -1.52. The molecule has 45 heavy (non-hydrogen) atoms. The number of rotatable bonds is 13. The predicted molar refractivity (Wildman–Crippen MR) is 170 cm³/mol. The summed E-state index contributed by atoms with van der Waals surface area (Å²) in [5.41, 5.74) is 7.11. The standard InChI is InChI=1S/C32H36N4O8S/c1-20(2)18-35(45(42,43)25-12-10-24(11-13-25)36(40)41)19-29(37)28(15-22-7-5-4-6-8-22)34-31(38)17-27-21(3)26-14-9-23(33)16-30(26)44-32(27)39/h4-14,16,20,28-29,37H,15,17-19,33H2,1-3H3,(H,34,38)/t28-,29+/m0/s1. The number of hydrogen-bond donors (Lipinski definition) is 3. The smallest absolute Gasteiger partial charge is 0.340 e. The number of carbonyl (C=O) groups excluding carboxylic acids is 1. The number of nitrogen functional groups attached to an aromatic ring is 1. The van der Waals surface area contributed by atoms with Gasteiger partial charge in [-0.05, 0) is 54.7 Å². The van der Waals surface area contributed by atoms with E-state index in [-0.39, 0.29) is 48.0 Å². The number of nitrogens with one attached hydrogen (secondary N) is 1. The molecule has 2 atom stereocenters. The molecule has 0 fully saturated rings. The lowest BCUT2D eigenvalue weighted by Crippen LogP contribution is -2.51.